The van der Waals surface area contributed by atoms with Crippen molar-refractivity contribution in [3.8, 4) is 0 Å². The molecule has 0 aliphatic heterocycles. The van der Waals surface area contributed by atoms with E-state index >= 15 is 0 Å². The lowest BCUT2D eigenvalue weighted by atomic mass is 9.75. The molecule has 2 rings (SSSR count). The van der Waals surface area contributed by atoms with Crippen LogP contribution in [0, 0.1) is 12.3 Å². The molecule has 1 nitrogen and oxygen atoms in total. The minimum Gasteiger partial charge on any atom is -0.309 e. The van der Waals surface area contributed by atoms with Crippen molar-refractivity contribution in [3.05, 3.63) is 21.9 Å². The Morgan fingerprint density at radius 2 is 2.31 bits per heavy atom. The van der Waals surface area contributed by atoms with Gasteiger partial charge in [-0.05, 0) is 48.6 Å². The van der Waals surface area contributed by atoms with E-state index in [1.807, 2.05) is 11.3 Å². The molecule has 1 heterocycles. The standard InChI is InChI=1S/C14H23NS/c1-11-6-8-16-13(11)10-15-12-5-4-7-14(2,3)9-12/h6,8,12,15H,4-5,7,9-10H2,1-3H3. The predicted molar refractivity (Wildman–Crippen MR) is 71.9 cm³/mol. The Labute approximate surface area is 103 Å². The number of hydrogen-bond donors (Lipinski definition) is 1. The highest BCUT2D eigenvalue weighted by atomic mass is 32.1. The maximum atomic E-state index is 3.73. The van der Waals surface area contributed by atoms with Gasteiger partial charge in [0.2, 0.25) is 0 Å². The highest BCUT2D eigenvalue weighted by Crippen LogP contribution is 2.35. The van der Waals surface area contributed by atoms with E-state index in [1.54, 1.807) is 0 Å². The lowest BCUT2D eigenvalue weighted by Gasteiger charge is -2.35. The second-order valence-corrected chi connectivity index (χ2v) is 6.87. The summed E-state index contributed by atoms with van der Waals surface area (Å²) in [7, 11) is 0. The summed E-state index contributed by atoms with van der Waals surface area (Å²) in [6.45, 7) is 8.07. The minimum atomic E-state index is 0.542. The molecule has 1 aliphatic carbocycles. The SMILES string of the molecule is Cc1ccsc1CNC1CCCC(C)(C)C1. The molecule has 1 aliphatic rings. The molecule has 0 amide bonds. The second kappa shape index (κ2) is 4.89. The summed E-state index contributed by atoms with van der Waals surface area (Å²) in [5, 5.41) is 5.92. The van der Waals surface area contributed by atoms with Crippen molar-refractivity contribution in [1.29, 1.82) is 0 Å². The second-order valence-electron chi connectivity index (χ2n) is 5.87. The fraction of sp³-hybridized carbons (Fsp3) is 0.714. The zero-order valence-electron chi connectivity index (χ0n) is 10.7. The summed E-state index contributed by atoms with van der Waals surface area (Å²) in [5.74, 6) is 0. The van der Waals surface area contributed by atoms with Crippen molar-refractivity contribution in [3.63, 3.8) is 0 Å². The molecular formula is C14H23NS. The summed E-state index contributed by atoms with van der Waals surface area (Å²) < 4.78 is 0. The van der Waals surface area contributed by atoms with Crippen LogP contribution >= 0.6 is 11.3 Å². The molecule has 1 N–H and O–H groups in total. The smallest absolute Gasteiger partial charge is 0.0304 e. The van der Waals surface area contributed by atoms with E-state index in [0.717, 1.165) is 12.6 Å². The van der Waals surface area contributed by atoms with Gasteiger partial charge >= 0.3 is 0 Å². The summed E-state index contributed by atoms with van der Waals surface area (Å²) in [4.78, 5) is 1.50. The van der Waals surface area contributed by atoms with Crippen molar-refractivity contribution in [2.24, 2.45) is 5.41 Å². The fourth-order valence-corrected chi connectivity index (χ4v) is 3.55. The first-order chi connectivity index (χ1) is 7.57. The number of hydrogen-bond acceptors (Lipinski definition) is 2. The Hall–Kier alpha value is -0.340. The molecule has 2 heteroatoms. The first-order valence-electron chi connectivity index (χ1n) is 6.33. The van der Waals surface area contributed by atoms with Crippen molar-refractivity contribution in [2.45, 2.75) is 59.0 Å². The average Bonchev–Trinajstić information content (AvgIpc) is 2.60. The van der Waals surface area contributed by atoms with Gasteiger partial charge in [0, 0.05) is 17.5 Å². The van der Waals surface area contributed by atoms with Gasteiger partial charge in [-0.15, -0.1) is 11.3 Å². The molecule has 16 heavy (non-hydrogen) atoms. The molecule has 0 saturated heterocycles. The van der Waals surface area contributed by atoms with E-state index in [0.29, 0.717) is 5.41 Å². The minimum absolute atomic E-state index is 0.542. The van der Waals surface area contributed by atoms with Crippen LogP contribution in [-0.4, -0.2) is 6.04 Å². The highest BCUT2D eigenvalue weighted by molar-refractivity contribution is 7.10. The first kappa shape index (κ1) is 12.1. The molecular weight excluding hydrogens is 214 g/mol. The van der Waals surface area contributed by atoms with E-state index in [4.69, 9.17) is 0 Å². The van der Waals surface area contributed by atoms with Crippen LogP contribution in [0.3, 0.4) is 0 Å². The number of thiophene rings is 1. The van der Waals surface area contributed by atoms with Crippen LogP contribution in [-0.2, 0) is 6.54 Å². The van der Waals surface area contributed by atoms with Crippen LogP contribution in [0.2, 0.25) is 0 Å². The van der Waals surface area contributed by atoms with Gasteiger partial charge in [-0.3, -0.25) is 0 Å². The number of rotatable bonds is 3. The average molecular weight is 237 g/mol. The van der Waals surface area contributed by atoms with Crippen LogP contribution in [0.25, 0.3) is 0 Å². The Bertz CT molecular complexity index is 340. The predicted octanol–water partition coefficient (Wildman–Crippen LogP) is 4.11. The van der Waals surface area contributed by atoms with Crippen LogP contribution in [0.4, 0.5) is 0 Å². The monoisotopic (exact) mass is 237 g/mol. The van der Waals surface area contributed by atoms with Crippen LogP contribution in [0.5, 0.6) is 0 Å². The fourth-order valence-electron chi connectivity index (χ4n) is 2.69. The van der Waals surface area contributed by atoms with Crippen LogP contribution in [0.1, 0.15) is 50.0 Å². The third-order valence-corrected chi connectivity index (χ3v) is 4.75. The molecule has 0 bridgehead atoms. The molecule has 1 aromatic heterocycles. The lowest BCUT2D eigenvalue weighted by Crippen LogP contribution is -2.36. The molecule has 1 saturated carbocycles. The van der Waals surface area contributed by atoms with Gasteiger partial charge in [0.15, 0.2) is 0 Å². The van der Waals surface area contributed by atoms with E-state index in [9.17, 15) is 0 Å². The number of nitrogens with one attached hydrogen (secondary N) is 1. The summed E-state index contributed by atoms with van der Waals surface area (Å²) in [6, 6.07) is 2.94. The first-order valence-corrected chi connectivity index (χ1v) is 7.21. The molecule has 0 aromatic carbocycles. The van der Waals surface area contributed by atoms with E-state index < -0.39 is 0 Å². The highest BCUT2D eigenvalue weighted by Gasteiger charge is 2.27. The molecule has 1 fully saturated rings. The third-order valence-electron chi connectivity index (χ3n) is 3.72. The van der Waals surface area contributed by atoms with Crippen molar-refractivity contribution < 1.29 is 0 Å². The Kier molecular flexibility index (Phi) is 3.70. The van der Waals surface area contributed by atoms with E-state index in [2.05, 4.69) is 37.5 Å². The van der Waals surface area contributed by atoms with Gasteiger partial charge in [0.25, 0.3) is 0 Å². The Morgan fingerprint density at radius 1 is 1.50 bits per heavy atom. The summed E-state index contributed by atoms with van der Waals surface area (Å²) in [5.41, 5.74) is 1.98. The third kappa shape index (κ3) is 3.08. The zero-order chi connectivity index (χ0) is 11.6. The van der Waals surface area contributed by atoms with Crippen molar-refractivity contribution in [2.75, 3.05) is 0 Å². The van der Waals surface area contributed by atoms with E-state index in [1.165, 1.54) is 36.1 Å². The summed E-state index contributed by atoms with van der Waals surface area (Å²) in [6.07, 6.45) is 5.46. The Morgan fingerprint density at radius 3 is 2.94 bits per heavy atom. The normalized spacial score (nSPS) is 24.6. The van der Waals surface area contributed by atoms with Gasteiger partial charge in [0.05, 0.1) is 0 Å². The largest absolute Gasteiger partial charge is 0.309 e. The van der Waals surface area contributed by atoms with Crippen LogP contribution in [0.15, 0.2) is 11.4 Å². The molecule has 0 spiro atoms. The maximum Gasteiger partial charge on any atom is 0.0304 e. The van der Waals surface area contributed by atoms with Gasteiger partial charge < -0.3 is 5.32 Å². The number of aryl methyl sites for hydroxylation is 1. The van der Waals surface area contributed by atoms with Gasteiger partial charge in [0.1, 0.15) is 0 Å². The molecule has 1 atom stereocenters. The van der Waals surface area contributed by atoms with Crippen molar-refractivity contribution in [1.82, 2.24) is 5.32 Å². The topological polar surface area (TPSA) is 12.0 Å². The Balaban J connectivity index is 1.84. The van der Waals surface area contributed by atoms with Gasteiger partial charge in [-0.25, -0.2) is 0 Å². The maximum absolute atomic E-state index is 3.73. The lowest BCUT2D eigenvalue weighted by molar-refractivity contribution is 0.198. The van der Waals surface area contributed by atoms with Gasteiger partial charge in [-0.1, -0.05) is 20.3 Å². The van der Waals surface area contributed by atoms with E-state index in [-0.39, 0.29) is 0 Å². The zero-order valence-corrected chi connectivity index (χ0v) is 11.5. The molecule has 0 radical (unpaired) electrons. The summed E-state index contributed by atoms with van der Waals surface area (Å²) >= 11 is 1.88. The van der Waals surface area contributed by atoms with Crippen molar-refractivity contribution >= 4 is 11.3 Å². The molecule has 90 valence electrons. The molecule has 1 aromatic rings. The van der Waals surface area contributed by atoms with Crippen LogP contribution < -0.4 is 5.32 Å². The quantitative estimate of drug-likeness (QED) is 0.834. The molecule has 1 unspecified atom stereocenters. The van der Waals surface area contributed by atoms with Gasteiger partial charge in [-0.2, -0.15) is 0 Å².